The number of hydrogen-bond donors (Lipinski definition) is 1. The fraction of sp³-hybridized carbons (Fsp3) is 0.500. The molecule has 0 bridgehead atoms. The third-order valence-electron chi connectivity index (χ3n) is 4.42. The Bertz CT molecular complexity index is 719. The van der Waals surface area contributed by atoms with Crippen LogP contribution in [0.1, 0.15) is 38.2 Å². The van der Waals surface area contributed by atoms with Crippen molar-refractivity contribution in [2.45, 2.75) is 39.2 Å². The van der Waals surface area contributed by atoms with Gasteiger partial charge in [-0.15, -0.1) is 0 Å². The van der Waals surface area contributed by atoms with Crippen molar-refractivity contribution in [1.29, 1.82) is 5.26 Å². The van der Waals surface area contributed by atoms with Crippen LogP contribution in [-0.4, -0.2) is 9.55 Å². The van der Waals surface area contributed by atoms with Crippen LogP contribution >= 0.6 is 12.2 Å². The molecule has 0 radical (unpaired) electrons. The largest absolute Gasteiger partial charge is 0.329 e. The van der Waals surface area contributed by atoms with E-state index in [2.05, 4.69) is 28.6 Å². The lowest BCUT2D eigenvalue weighted by Crippen LogP contribution is -2.18. The van der Waals surface area contributed by atoms with Crippen molar-refractivity contribution in [3.05, 3.63) is 28.5 Å². The number of H-pyrrole nitrogens is 1. The fourth-order valence-corrected chi connectivity index (χ4v) is 3.71. The van der Waals surface area contributed by atoms with E-state index in [9.17, 15) is 5.26 Å². The summed E-state index contributed by atoms with van der Waals surface area (Å²) in [5, 5.41) is 9.18. The van der Waals surface area contributed by atoms with Gasteiger partial charge in [0.1, 0.15) is 6.07 Å². The molecule has 1 fully saturated rings. The standard InChI is InChI=1S/C16H19N3S/c1-11-4-2-5-12(8-11)10-19-14-7-3-6-13(9-17)15(14)18-16(19)20/h3,6-7,11-12H,2,4-5,8,10H2,1H3,(H,18,20). The van der Waals surface area contributed by atoms with Gasteiger partial charge in [0.2, 0.25) is 0 Å². The number of para-hydroxylation sites is 1. The van der Waals surface area contributed by atoms with Gasteiger partial charge in [0.25, 0.3) is 0 Å². The van der Waals surface area contributed by atoms with Crippen molar-refractivity contribution in [1.82, 2.24) is 9.55 Å². The predicted molar refractivity (Wildman–Crippen MR) is 83.0 cm³/mol. The maximum atomic E-state index is 9.18. The van der Waals surface area contributed by atoms with E-state index in [1.54, 1.807) is 0 Å². The molecule has 2 aromatic rings. The second-order valence-electron chi connectivity index (χ2n) is 5.99. The fourth-order valence-electron chi connectivity index (χ4n) is 3.44. The SMILES string of the molecule is CC1CCCC(Cn2c(=S)[nH]c3c(C#N)cccc32)C1. The molecule has 1 saturated carbocycles. The summed E-state index contributed by atoms with van der Waals surface area (Å²) in [5.41, 5.74) is 2.61. The number of nitriles is 1. The van der Waals surface area contributed by atoms with Gasteiger partial charge in [-0.05, 0) is 49.0 Å². The van der Waals surface area contributed by atoms with Crippen LogP contribution in [0.4, 0.5) is 0 Å². The van der Waals surface area contributed by atoms with Crippen LogP contribution in [-0.2, 0) is 6.54 Å². The van der Waals surface area contributed by atoms with Crippen molar-refractivity contribution in [3.8, 4) is 6.07 Å². The minimum absolute atomic E-state index is 0.671. The van der Waals surface area contributed by atoms with Crippen LogP contribution in [0.25, 0.3) is 11.0 Å². The highest BCUT2D eigenvalue weighted by molar-refractivity contribution is 7.71. The van der Waals surface area contributed by atoms with E-state index in [-0.39, 0.29) is 0 Å². The Morgan fingerprint density at radius 2 is 2.30 bits per heavy atom. The van der Waals surface area contributed by atoms with E-state index in [4.69, 9.17) is 12.2 Å². The molecule has 1 aliphatic rings. The molecule has 1 aromatic heterocycles. The highest BCUT2D eigenvalue weighted by Crippen LogP contribution is 2.30. The number of hydrogen-bond acceptors (Lipinski definition) is 2. The zero-order valence-electron chi connectivity index (χ0n) is 11.7. The molecule has 2 atom stereocenters. The first-order valence-corrected chi connectivity index (χ1v) is 7.71. The van der Waals surface area contributed by atoms with E-state index in [1.807, 2.05) is 12.1 Å². The van der Waals surface area contributed by atoms with Crippen molar-refractivity contribution in [2.24, 2.45) is 11.8 Å². The maximum absolute atomic E-state index is 9.18. The average Bonchev–Trinajstić information content (AvgIpc) is 2.75. The van der Waals surface area contributed by atoms with Crippen LogP contribution in [0.15, 0.2) is 18.2 Å². The zero-order valence-corrected chi connectivity index (χ0v) is 12.5. The summed E-state index contributed by atoms with van der Waals surface area (Å²) in [7, 11) is 0. The third kappa shape index (κ3) is 2.38. The third-order valence-corrected chi connectivity index (χ3v) is 4.74. The Balaban J connectivity index is 1.98. The quantitative estimate of drug-likeness (QED) is 0.831. The Hall–Kier alpha value is -1.60. The minimum atomic E-state index is 0.671. The number of aromatic amines is 1. The topological polar surface area (TPSA) is 44.5 Å². The van der Waals surface area contributed by atoms with Gasteiger partial charge >= 0.3 is 0 Å². The predicted octanol–water partition coefficient (Wildman–Crippen LogP) is 4.40. The molecule has 0 spiro atoms. The van der Waals surface area contributed by atoms with Crippen molar-refractivity contribution in [2.75, 3.05) is 0 Å². The lowest BCUT2D eigenvalue weighted by molar-refractivity contribution is 0.258. The second kappa shape index (κ2) is 5.41. The van der Waals surface area contributed by atoms with Gasteiger partial charge in [0.15, 0.2) is 4.77 Å². The van der Waals surface area contributed by atoms with E-state index in [0.29, 0.717) is 11.5 Å². The number of fused-ring (bicyclic) bond motifs is 1. The zero-order chi connectivity index (χ0) is 14.1. The van der Waals surface area contributed by atoms with Crippen LogP contribution in [0, 0.1) is 27.9 Å². The first-order valence-electron chi connectivity index (χ1n) is 7.30. The number of nitrogens with zero attached hydrogens (tertiary/aromatic N) is 2. The number of rotatable bonds is 2. The van der Waals surface area contributed by atoms with Gasteiger partial charge in [-0.1, -0.05) is 25.8 Å². The Morgan fingerprint density at radius 3 is 3.05 bits per heavy atom. The molecule has 20 heavy (non-hydrogen) atoms. The minimum Gasteiger partial charge on any atom is -0.329 e. The molecular weight excluding hydrogens is 266 g/mol. The Morgan fingerprint density at radius 1 is 1.45 bits per heavy atom. The summed E-state index contributed by atoms with van der Waals surface area (Å²) in [4.78, 5) is 3.20. The molecule has 0 aliphatic heterocycles. The summed E-state index contributed by atoms with van der Waals surface area (Å²) in [6.45, 7) is 3.31. The molecule has 1 N–H and O–H groups in total. The summed E-state index contributed by atoms with van der Waals surface area (Å²) in [6, 6.07) is 8.05. The summed E-state index contributed by atoms with van der Waals surface area (Å²) >= 11 is 5.46. The van der Waals surface area contributed by atoms with Crippen molar-refractivity contribution >= 4 is 23.3 Å². The molecule has 1 aliphatic carbocycles. The molecule has 4 heteroatoms. The van der Waals surface area contributed by atoms with Crippen LogP contribution < -0.4 is 0 Å². The lowest BCUT2D eigenvalue weighted by atomic mass is 9.82. The Kier molecular flexibility index (Phi) is 3.62. The second-order valence-corrected chi connectivity index (χ2v) is 6.38. The molecule has 1 heterocycles. The molecule has 1 aromatic carbocycles. The molecular formula is C16H19N3S. The summed E-state index contributed by atoms with van der Waals surface area (Å²) in [6.07, 6.45) is 5.25. The van der Waals surface area contributed by atoms with Gasteiger partial charge in [-0.25, -0.2) is 0 Å². The maximum Gasteiger partial charge on any atom is 0.178 e. The highest BCUT2D eigenvalue weighted by atomic mass is 32.1. The number of aromatic nitrogens is 2. The van der Waals surface area contributed by atoms with Crippen LogP contribution in [0.3, 0.4) is 0 Å². The molecule has 0 amide bonds. The molecule has 3 nitrogen and oxygen atoms in total. The molecule has 0 saturated heterocycles. The van der Waals surface area contributed by atoms with Gasteiger partial charge in [-0.2, -0.15) is 5.26 Å². The molecule has 104 valence electrons. The van der Waals surface area contributed by atoms with Crippen molar-refractivity contribution in [3.63, 3.8) is 0 Å². The molecule has 2 unspecified atom stereocenters. The van der Waals surface area contributed by atoms with E-state index in [1.165, 1.54) is 25.7 Å². The lowest BCUT2D eigenvalue weighted by Gasteiger charge is -2.27. The number of benzene rings is 1. The normalized spacial score (nSPS) is 22.8. The van der Waals surface area contributed by atoms with Crippen LogP contribution in [0.5, 0.6) is 0 Å². The molecule has 3 rings (SSSR count). The van der Waals surface area contributed by atoms with Gasteiger partial charge in [0, 0.05) is 6.54 Å². The van der Waals surface area contributed by atoms with Gasteiger partial charge in [0.05, 0.1) is 16.6 Å². The first kappa shape index (κ1) is 13.4. The Labute approximate surface area is 124 Å². The number of imidazole rings is 1. The summed E-state index contributed by atoms with van der Waals surface area (Å²) in [5.74, 6) is 1.53. The van der Waals surface area contributed by atoms with E-state index >= 15 is 0 Å². The van der Waals surface area contributed by atoms with Crippen molar-refractivity contribution < 1.29 is 0 Å². The van der Waals surface area contributed by atoms with E-state index < -0.39 is 0 Å². The number of nitrogens with one attached hydrogen (secondary N) is 1. The monoisotopic (exact) mass is 285 g/mol. The first-order chi connectivity index (χ1) is 9.69. The van der Waals surface area contributed by atoms with E-state index in [0.717, 1.165) is 28.3 Å². The van der Waals surface area contributed by atoms with Gasteiger partial charge < -0.3 is 9.55 Å². The average molecular weight is 285 g/mol. The van der Waals surface area contributed by atoms with Crippen LogP contribution in [0.2, 0.25) is 0 Å². The van der Waals surface area contributed by atoms with Gasteiger partial charge in [-0.3, -0.25) is 0 Å². The smallest absolute Gasteiger partial charge is 0.178 e. The summed E-state index contributed by atoms with van der Waals surface area (Å²) < 4.78 is 2.91. The highest BCUT2D eigenvalue weighted by Gasteiger charge is 2.20.